The predicted molar refractivity (Wildman–Crippen MR) is 71.7 cm³/mol. The molecule has 1 N–H and O–H groups in total. The standard InChI is InChI=1S/C12H18N2O4S/c1-13-10(16)5-3-2-4-9(15)6-7-14-11(17)8-19-12(14)18/h2-8H2,1H3,(H,13,16). The van der Waals surface area contributed by atoms with Crippen LogP contribution in [0, 0.1) is 0 Å². The van der Waals surface area contributed by atoms with Crippen molar-refractivity contribution >= 4 is 34.6 Å². The molecule has 0 unspecified atom stereocenters. The molecule has 0 aromatic heterocycles. The molecule has 0 radical (unpaired) electrons. The number of nitrogens with zero attached hydrogens (tertiary/aromatic N) is 1. The molecule has 19 heavy (non-hydrogen) atoms. The van der Waals surface area contributed by atoms with Crippen LogP contribution in [-0.4, -0.2) is 47.1 Å². The molecule has 0 spiro atoms. The first kappa shape index (κ1) is 15.7. The number of unbranched alkanes of at least 4 members (excludes halogenated alkanes) is 1. The maximum Gasteiger partial charge on any atom is 0.288 e. The van der Waals surface area contributed by atoms with Crippen molar-refractivity contribution in [3.63, 3.8) is 0 Å². The van der Waals surface area contributed by atoms with E-state index in [1.165, 1.54) is 0 Å². The monoisotopic (exact) mass is 286 g/mol. The smallest absolute Gasteiger partial charge is 0.288 e. The lowest BCUT2D eigenvalue weighted by Crippen LogP contribution is -2.30. The van der Waals surface area contributed by atoms with Gasteiger partial charge in [0.2, 0.25) is 11.8 Å². The molecule has 1 fully saturated rings. The van der Waals surface area contributed by atoms with Gasteiger partial charge in [0.05, 0.1) is 5.75 Å². The highest BCUT2D eigenvalue weighted by atomic mass is 32.2. The highest BCUT2D eigenvalue weighted by molar-refractivity contribution is 8.14. The number of Topliss-reactive ketones (excluding diaryl/α,β-unsaturated/α-hetero) is 1. The molecule has 106 valence electrons. The van der Waals surface area contributed by atoms with Crippen molar-refractivity contribution in [2.75, 3.05) is 19.3 Å². The third-order valence-electron chi connectivity index (χ3n) is 2.84. The normalized spacial score (nSPS) is 14.9. The Balaban J connectivity index is 2.13. The average Bonchev–Trinajstić information content (AvgIpc) is 2.71. The van der Waals surface area contributed by atoms with E-state index in [2.05, 4.69) is 5.32 Å². The van der Waals surface area contributed by atoms with Gasteiger partial charge in [-0.25, -0.2) is 0 Å². The first-order valence-corrected chi connectivity index (χ1v) is 7.22. The minimum absolute atomic E-state index is 0.0226. The van der Waals surface area contributed by atoms with Crippen LogP contribution in [0.25, 0.3) is 0 Å². The van der Waals surface area contributed by atoms with Crippen molar-refractivity contribution in [3.05, 3.63) is 0 Å². The summed E-state index contributed by atoms with van der Waals surface area (Å²) >= 11 is 0.974. The Kier molecular flexibility index (Phi) is 6.55. The Morgan fingerprint density at radius 1 is 1.21 bits per heavy atom. The molecule has 0 atom stereocenters. The number of ketones is 1. The van der Waals surface area contributed by atoms with Gasteiger partial charge in [-0.2, -0.15) is 0 Å². The van der Waals surface area contributed by atoms with Gasteiger partial charge in [-0.1, -0.05) is 11.8 Å². The van der Waals surface area contributed by atoms with Crippen LogP contribution in [-0.2, 0) is 14.4 Å². The lowest BCUT2D eigenvalue weighted by molar-refractivity contribution is -0.125. The Labute approximate surface area is 116 Å². The van der Waals surface area contributed by atoms with Crippen LogP contribution in [0.4, 0.5) is 4.79 Å². The number of nitrogens with one attached hydrogen (secondary N) is 1. The summed E-state index contributed by atoms with van der Waals surface area (Å²) in [4.78, 5) is 46.2. The Morgan fingerprint density at radius 3 is 2.47 bits per heavy atom. The van der Waals surface area contributed by atoms with Gasteiger partial charge in [0.25, 0.3) is 5.24 Å². The molecule has 0 saturated carbocycles. The first-order chi connectivity index (χ1) is 9.04. The third kappa shape index (κ3) is 5.42. The fourth-order valence-electron chi connectivity index (χ4n) is 1.69. The number of hydrogen-bond acceptors (Lipinski definition) is 5. The summed E-state index contributed by atoms with van der Waals surface area (Å²) < 4.78 is 0. The van der Waals surface area contributed by atoms with E-state index in [1.54, 1.807) is 7.05 Å². The van der Waals surface area contributed by atoms with Crippen molar-refractivity contribution < 1.29 is 19.2 Å². The number of hydrogen-bond donors (Lipinski definition) is 1. The first-order valence-electron chi connectivity index (χ1n) is 6.24. The van der Waals surface area contributed by atoms with Gasteiger partial charge >= 0.3 is 0 Å². The molecule has 7 heteroatoms. The van der Waals surface area contributed by atoms with Gasteiger partial charge in [0.15, 0.2) is 0 Å². The van der Waals surface area contributed by atoms with Gasteiger partial charge in [0.1, 0.15) is 5.78 Å². The van der Waals surface area contributed by atoms with Gasteiger partial charge < -0.3 is 5.32 Å². The van der Waals surface area contributed by atoms with Gasteiger partial charge in [-0.3, -0.25) is 24.1 Å². The molecule has 3 amide bonds. The van der Waals surface area contributed by atoms with E-state index in [1.807, 2.05) is 0 Å². The highest BCUT2D eigenvalue weighted by Gasteiger charge is 2.29. The van der Waals surface area contributed by atoms with E-state index in [0.29, 0.717) is 25.7 Å². The fourth-order valence-corrected chi connectivity index (χ4v) is 2.44. The van der Waals surface area contributed by atoms with E-state index >= 15 is 0 Å². The van der Waals surface area contributed by atoms with Crippen LogP contribution in [0.1, 0.15) is 32.1 Å². The van der Waals surface area contributed by atoms with Crippen molar-refractivity contribution in [2.45, 2.75) is 32.1 Å². The van der Waals surface area contributed by atoms with Crippen molar-refractivity contribution in [1.82, 2.24) is 10.2 Å². The molecule has 6 nitrogen and oxygen atoms in total. The van der Waals surface area contributed by atoms with E-state index in [9.17, 15) is 19.2 Å². The molecular weight excluding hydrogens is 268 g/mol. The maximum atomic E-state index is 11.6. The van der Waals surface area contributed by atoms with Crippen LogP contribution in [0.2, 0.25) is 0 Å². The number of imide groups is 1. The average molecular weight is 286 g/mol. The molecule has 1 saturated heterocycles. The maximum absolute atomic E-state index is 11.6. The van der Waals surface area contributed by atoms with E-state index in [-0.39, 0.29) is 41.6 Å². The lowest BCUT2D eigenvalue weighted by atomic mass is 10.1. The number of carbonyl (C=O) groups is 4. The number of carbonyl (C=O) groups excluding carboxylic acids is 4. The Bertz CT molecular complexity index is 368. The second-order valence-corrected chi connectivity index (χ2v) is 5.20. The van der Waals surface area contributed by atoms with Crippen molar-refractivity contribution in [2.24, 2.45) is 0 Å². The van der Waals surface area contributed by atoms with Crippen LogP contribution < -0.4 is 5.32 Å². The van der Waals surface area contributed by atoms with Crippen molar-refractivity contribution in [3.8, 4) is 0 Å². The summed E-state index contributed by atoms with van der Waals surface area (Å²) in [6.45, 7) is 0.180. The summed E-state index contributed by atoms with van der Waals surface area (Å²) in [5, 5.41) is 2.25. The van der Waals surface area contributed by atoms with Crippen LogP contribution >= 0.6 is 11.8 Å². The summed E-state index contributed by atoms with van der Waals surface area (Å²) in [5.74, 6) is -0.0475. The molecule has 0 aromatic carbocycles. The van der Waals surface area contributed by atoms with E-state index in [4.69, 9.17) is 0 Å². The topological polar surface area (TPSA) is 83.6 Å². The van der Waals surface area contributed by atoms with Crippen LogP contribution in [0.3, 0.4) is 0 Å². The van der Waals surface area contributed by atoms with Gasteiger partial charge in [-0.05, 0) is 12.8 Å². The molecule has 0 aromatic rings. The molecular formula is C12H18N2O4S. The van der Waals surface area contributed by atoms with Gasteiger partial charge in [-0.15, -0.1) is 0 Å². The lowest BCUT2D eigenvalue weighted by Gasteiger charge is -2.11. The van der Waals surface area contributed by atoms with E-state index < -0.39 is 0 Å². The SMILES string of the molecule is CNC(=O)CCCCC(=O)CCN1C(=O)CSC1=O. The molecule has 0 bridgehead atoms. The van der Waals surface area contributed by atoms with Crippen LogP contribution in [0.15, 0.2) is 0 Å². The Morgan fingerprint density at radius 2 is 1.89 bits per heavy atom. The quantitative estimate of drug-likeness (QED) is 0.672. The number of rotatable bonds is 8. The third-order valence-corrected chi connectivity index (χ3v) is 3.70. The zero-order valence-corrected chi connectivity index (χ0v) is 11.8. The molecule has 1 aliphatic heterocycles. The van der Waals surface area contributed by atoms with E-state index in [0.717, 1.165) is 16.7 Å². The minimum Gasteiger partial charge on any atom is -0.359 e. The molecule has 0 aliphatic carbocycles. The Hall–Kier alpha value is -1.37. The molecule has 1 heterocycles. The number of amides is 3. The largest absolute Gasteiger partial charge is 0.359 e. The zero-order valence-electron chi connectivity index (χ0n) is 10.9. The summed E-state index contributed by atoms with van der Waals surface area (Å²) in [5.41, 5.74) is 0. The molecule has 1 aliphatic rings. The van der Waals surface area contributed by atoms with Crippen LogP contribution in [0.5, 0.6) is 0 Å². The zero-order chi connectivity index (χ0) is 14.3. The summed E-state index contributed by atoms with van der Waals surface area (Å²) in [6.07, 6.45) is 2.34. The van der Waals surface area contributed by atoms with Gasteiger partial charge in [0, 0.05) is 32.9 Å². The second kappa shape index (κ2) is 7.93. The number of thioether (sulfide) groups is 1. The summed E-state index contributed by atoms with van der Waals surface area (Å²) in [7, 11) is 1.58. The molecule has 1 rings (SSSR count). The highest BCUT2D eigenvalue weighted by Crippen LogP contribution is 2.18. The second-order valence-electron chi connectivity index (χ2n) is 4.27. The minimum atomic E-state index is -0.266. The van der Waals surface area contributed by atoms with Crippen molar-refractivity contribution in [1.29, 1.82) is 0 Å². The predicted octanol–water partition coefficient (Wildman–Crippen LogP) is 0.947. The summed E-state index contributed by atoms with van der Waals surface area (Å²) in [6, 6.07) is 0. The fraction of sp³-hybridized carbons (Fsp3) is 0.667.